The van der Waals surface area contributed by atoms with Crippen LogP contribution in [0.15, 0.2) is 49.1 Å². The number of hydrogen-bond acceptors (Lipinski definition) is 8. The molecule has 3 aromatic heterocycles. The normalized spacial score (nSPS) is 18.8. The molecule has 2 saturated heterocycles. The Kier molecular flexibility index (Phi) is 6.31. The van der Waals surface area contributed by atoms with Gasteiger partial charge in [-0.1, -0.05) is 17.7 Å². The lowest BCUT2D eigenvalue weighted by molar-refractivity contribution is 0.0951. The molecule has 4 aromatic rings. The standard InChI is InChI=1S/C25H27ClN10O/c1-16-17(2-7-24(30-16)34-13-21-4-5-22(14-34)31-21)11-35-12-19(10-29-35)25(37)27-9-18-8-20(26)3-6-23(18)36-15-28-32-33-36/h2-3,6-8,10,12,15,21-22,31H,4-5,9,11,13-14H2,1H3,(H,27,37). The van der Waals surface area contributed by atoms with Gasteiger partial charge in [-0.25, -0.2) is 9.67 Å². The number of piperazine rings is 1. The zero-order valence-electron chi connectivity index (χ0n) is 20.4. The molecule has 2 atom stereocenters. The first-order valence-electron chi connectivity index (χ1n) is 12.3. The minimum atomic E-state index is -0.229. The number of aryl methyl sites for hydroxylation is 1. The van der Waals surface area contributed by atoms with E-state index in [-0.39, 0.29) is 12.5 Å². The van der Waals surface area contributed by atoms with E-state index in [1.54, 1.807) is 29.2 Å². The van der Waals surface area contributed by atoms with E-state index < -0.39 is 0 Å². The average Bonchev–Trinajstić information content (AvgIpc) is 3.66. The molecule has 0 radical (unpaired) electrons. The largest absolute Gasteiger partial charge is 0.353 e. The molecular formula is C25H27ClN10O. The maximum atomic E-state index is 12.8. The van der Waals surface area contributed by atoms with Gasteiger partial charge in [0, 0.05) is 48.6 Å². The van der Waals surface area contributed by atoms with Crippen LogP contribution in [0, 0.1) is 6.92 Å². The van der Waals surface area contributed by atoms with E-state index in [2.05, 4.69) is 48.3 Å². The molecule has 2 aliphatic heterocycles. The molecule has 0 aliphatic carbocycles. The van der Waals surface area contributed by atoms with Crippen molar-refractivity contribution in [3.05, 3.63) is 76.5 Å². The Hall–Kier alpha value is -3.83. The van der Waals surface area contributed by atoms with Crippen molar-refractivity contribution >= 4 is 23.3 Å². The molecule has 2 bridgehead atoms. The van der Waals surface area contributed by atoms with Gasteiger partial charge in [0.05, 0.1) is 24.0 Å². The van der Waals surface area contributed by atoms with Gasteiger partial charge in [0.25, 0.3) is 5.91 Å². The quantitative estimate of drug-likeness (QED) is 0.382. The average molecular weight is 519 g/mol. The van der Waals surface area contributed by atoms with Gasteiger partial charge in [-0.05, 0) is 65.6 Å². The summed E-state index contributed by atoms with van der Waals surface area (Å²) in [7, 11) is 0. The van der Waals surface area contributed by atoms with Crippen molar-refractivity contribution in [2.45, 2.75) is 44.9 Å². The molecular weight excluding hydrogens is 492 g/mol. The number of pyridine rings is 1. The van der Waals surface area contributed by atoms with Crippen molar-refractivity contribution in [3.8, 4) is 5.69 Å². The Bertz CT molecular complexity index is 1410. The summed E-state index contributed by atoms with van der Waals surface area (Å²) in [6.45, 7) is 4.84. The molecule has 2 unspecified atom stereocenters. The van der Waals surface area contributed by atoms with E-state index in [0.29, 0.717) is 29.2 Å². The van der Waals surface area contributed by atoms with Gasteiger partial charge in [0.2, 0.25) is 0 Å². The van der Waals surface area contributed by atoms with Crippen LogP contribution in [0.5, 0.6) is 0 Å². The Morgan fingerprint density at radius 3 is 2.76 bits per heavy atom. The zero-order valence-corrected chi connectivity index (χ0v) is 21.1. The molecule has 0 saturated carbocycles. The molecule has 1 amide bonds. The first-order valence-corrected chi connectivity index (χ1v) is 12.7. The third-order valence-electron chi connectivity index (χ3n) is 7.03. The van der Waals surface area contributed by atoms with Crippen molar-refractivity contribution in [1.29, 1.82) is 0 Å². The first-order chi connectivity index (χ1) is 18.0. The summed E-state index contributed by atoms with van der Waals surface area (Å²) >= 11 is 6.18. The number of tetrazole rings is 1. The van der Waals surface area contributed by atoms with Crippen molar-refractivity contribution < 1.29 is 4.79 Å². The predicted octanol–water partition coefficient (Wildman–Crippen LogP) is 2.13. The number of halogens is 1. The number of nitrogens with one attached hydrogen (secondary N) is 2. The van der Waals surface area contributed by atoms with Crippen LogP contribution >= 0.6 is 11.6 Å². The Morgan fingerprint density at radius 1 is 1.16 bits per heavy atom. The monoisotopic (exact) mass is 518 g/mol. The summed E-state index contributed by atoms with van der Waals surface area (Å²) in [5, 5.41) is 22.8. The van der Waals surface area contributed by atoms with Crippen LogP contribution in [-0.2, 0) is 13.1 Å². The smallest absolute Gasteiger partial charge is 0.254 e. The van der Waals surface area contributed by atoms with Gasteiger partial charge in [0.15, 0.2) is 0 Å². The summed E-state index contributed by atoms with van der Waals surface area (Å²) in [5.74, 6) is 0.801. The summed E-state index contributed by atoms with van der Waals surface area (Å²) in [6, 6.07) is 10.7. The first kappa shape index (κ1) is 23.6. The number of nitrogens with zero attached hydrogens (tertiary/aromatic N) is 8. The van der Waals surface area contributed by atoms with E-state index in [1.165, 1.54) is 23.9 Å². The number of amides is 1. The van der Waals surface area contributed by atoms with Gasteiger partial charge < -0.3 is 15.5 Å². The summed E-state index contributed by atoms with van der Waals surface area (Å²) in [5.41, 5.74) is 4.05. The maximum Gasteiger partial charge on any atom is 0.254 e. The highest BCUT2D eigenvalue weighted by Gasteiger charge is 2.32. The number of carbonyl (C=O) groups is 1. The molecule has 0 spiro atoms. The second-order valence-electron chi connectivity index (χ2n) is 9.59. The van der Waals surface area contributed by atoms with Gasteiger partial charge in [0.1, 0.15) is 12.1 Å². The molecule has 5 heterocycles. The molecule has 11 nitrogen and oxygen atoms in total. The zero-order chi connectivity index (χ0) is 25.4. The van der Waals surface area contributed by atoms with Crippen LogP contribution in [0.25, 0.3) is 5.69 Å². The predicted molar refractivity (Wildman–Crippen MR) is 138 cm³/mol. The third kappa shape index (κ3) is 5.05. The molecule has 190 valence electrons. The lowest BCUT2D eigenvalue weighted by atomic mass is 10.1. The molecule has 12 heteroatoms. The fraction of sp³-hybridized carbons (Fsp3) is 0.360. The van der Waals surface area contributed by atoms with E-state index in [1.807, 2.05) is 13.0 Å². The van der Waals surface area contributed by atoms with Crippen molar-refractivity contribution in [1.82, 2.24) is 45.6 Å². The Balaban J connectivity index is 1.10. The van der Waals surface area contributed by atoms with Crippen LogP contribution in [0.4, 0.5) is 5.82 Å². The second kappa shape index (κ2) is 9.91. The molecule has 2 fully saturated rings. The summed E-state index contributed by atoms with van der Waals surface area (Å²) < 4.78 is 3.29. The number of benzene rings is 1. The molecule has 1 aromatic carbocycles. The number of anilines is 1. The second-order valence-corrected chi connectivity index (χ2v) is 10.0. The molecule has 6 rings (SSSR count). The number of rotatable bonds is 7. The highest BCUT2D eigenvalue weighted by molar-refractivity contribution is 6.30. The lowest BCUT2D eigenvalue weighted by Crippen LogP contribution is -2.51. The summed E-state index contributed by atoms with van der Waals surface area (Å²) in [6.07, 6.45) is 7.30. The molecule has 37 heavy (non-hydrogen) atoms. The van der Waals surface area contributed by atoms with E-state index >= 15 is 0 Å². The van der Waals surface area contributed by atoms with Crippen molar-refractivity contribution in [2.75, 3.05) is 18.0 Å². The van der Waals surface area contributed by atoms with E-state index in [0.717, 1.165) is 41.4 Å². The van der Waals surface area contributed by atoms with Crippen LogP contribution in [0.3, 0.4) is 0 Å². The third-order valence-corrected chi connectivity index (χ3v) is 7.26. The maximum absolute atomic E-state index is 12.8. The number of aromatic nitrogens is 7. The summed E-state index contributed by atoms with van der Waals surface area (Å²) in [4.78, 5) is 20.1. The van der Waals surface area contributed by atoms with Crippen molar-refractivity contribution in [2.24, 2.45) is 0 Å². The minimum Gasteiger partial charge on any atom is -0.353 e. The van der Waals surface area contributed by atoms with E-state index in [4.69, 9.17) is 16.6 Å². The van der Waals surface area contributed by atoms with Crippen LogP contribution in [-0.4, -0.2) is 66.1 Å². The molecule has 2 aliphatic rings. The van der Waals surface area contributed by atoms with E-state index in [9.17, 15) is 4.79 Å². The Labute approximate surface area is 218 Å². The van der Waals surface area contributed by atoms with Crippen LogP contribution in [0.2, 0.25) is 5.02 Å². The molecule has 2 N–H and O–H groups in total. The van der Waals surface area contributed by atoms with Gasteiger partial charge in [-0.2, -0.15) is 5.10 Å². The topological polar surface area (TPSA) is 119 Å². The van der Waals surface area contributed by atoms with Crippen molar-refractivity contribution in [3.63, 3.8) is 0 Å². The number of fused-ring (bicyclic) bond motifs is 2. The number of carbonyl (C=O) groups excluding carboxylic acids is 1. The fourth-order valence-electron chi connectivity index (χ4n) is 5.11. The minimum absolute atomic E-state index is 0.229. The SMILES string of the molecule is Cc1nc(N2CC3CCC(C2)N3)ccc1Cn1cc(C(=O)NCc2cc(Cl)ccc2-n2cnnn2)cn1. The fourth-order valence-corrected chi connectivity index (χ4v) is 5.31. The van der Waals surface area contributed by atoms with Gasteiger partial charge in [-0.3, -0.25) is 9.48 Å². The Morgan fingerprint density at radius 2 is 2.00 bits per heavy atom. The highest BCUT2D eigenvalue weighted by atomic mass is 35.5. The van der Waals surface area contributed by atoms with Gasteiger partial charge in [-0.15, -0.1) is 5.10 Å². The highest BCUT2D eigenvalue weighted by Crippen LogP contribution is 2.25. The van der Waals surface area contributed by atoms with Crippen LogP contribution < -0.4 is 15.5 Å². The number of hydrogen-bond donors (Lipinski definition) is 2. The lowest BCUT2D eigenvalue weighted by Gasteiger charge is -2.34. The van der Waals surface area contributed by atoms with Gasteiger partial charge >= 0.3 is 0 Å². The van der Waals surface area contributed by atoms with Crippen LogP contribution in [0.1, 0.15) is 40.0 Å².